The van der Waals surface area contributed by atoms with Crippen molar-refractivity contribution in [3.05, 3.63) is 16.2 Å². The summed E-state index contributed by atoms with van der Waals surface area (Å²) in [6.07, 6.45) is -11.2. The van der Waals surface area contributed by atoms with Crippen molar-refractivity contribution in [2.45, 2.75) is 18.3 Å². The van der Waals surface area contributed by atoms with Crippen LogP contribution in [0.3, 0.4) is 0 Å². The third kappa shape index (κ3) is 2.40. The molecule has 2 rings (SSSR count). The fourth-order valence-electron chi connectivity index (χ4n) is 1.57. The number of rotatable bonds is 1. The van der Waals surface area contributed by atoms with Gasteiger partial charge in [0.1, 0.15) is 5.82 Å². The molecule has 110 valence electrons. The van der Waals surface area contributed by atoms with Crippen LogP contribution in [0.5, 0.6) is 0 Å². The Morgan fingerprint density at radius 1 is 1.00 bits per heavy atom. The van der Waals surface area contributed by atoms with E-state index in [2.05, 4.69) is 9.97 Å². The number of nitrogens with one attached hydrogen (secondary N) is 2. The number of halogens is 6. The summed E-state index contributed by atoms with van der Waals surface area (Å²) < 4.78 is 75.0. The van der Waals surface area contributed by atoms with Crippen LogP contribution in [-0.4, -0.2) is 32.3 Å². The second-order valence-corrected chi connectivity index (χ2v) is 3.79. The first-order chi connectivity index (χ1) is 9.00. The average molecular weight is 301 g/mol. The standard InChI is InChI=1S/C8H5F6N5O/c9-7(10,11)2(8(12,13)14)4-16-1-3(17-4)18-6(15)19-5(1)20/h2H,(H4,15,16,17,18,19,20). The number of nitrogens with two attached hydrogens (primary N) is 1. The molecule has 0 fully saturated rings. The lowest BCUT2D eigenvalue weighted by Crippen LogP contribution is -2.35. The molecule has 12 heteroatoms. The lowest BCUT2D eigenvalue weighted by Gasteiger charge is -2.20. The van der Waals surface area contributed by atoms with E-state index in [9.17, 15) is 31.1 Å². The Hall–Kier alpha value is -2.27. The zero-order valence-corrected chi connectivity index (χ0v) is 9.23. The van der Waals surface area contributed by atoms with E-state index in [0.29, 0.717) is 0 Å². The summed E-state index contributed by atoms with van der Waals surface area (Å²) in [5, 5.41) is 0. The molecule has 0 radical (unpaired) electrons. The number of nitrogen functional groups attached to an aromatic ring is 1. The molecule has 0 aliphatic heterocycles. The van der Waals surface area contributed by atoms with E-state index in [4.69, 9.17) is 5.73 Å². The fraction of sp³-hybridized carbons (Fsp3) is 0.375. The van der Waals surface area contributed by atoms with Gasteiger partial charge in [-0.25, -0.2) is 4.98 Å². The molecule has 0 saturated carbocycles. The minimum Gasteiger partial charge on any atom is -0.369 e. The maximum atomic E-state index is 12.5. The van der Waals surface area contributed by atoms with Crippen LogP contribution in [0.25, 0.3) is 11.2 Å². The van der Waals surface area contributed by atoms with Crippen LogP contribution in [-0.2, 0) is 0 Å². The Labute approximate surface area is 105 Å². The van der Waals surface area contributed by atoms with Crippen LogP contribution in [0.4, 0.5) is 32.3 Å². The van der Waals surface area contributed by atoms with Crippen LogP contribution in [0.15, 0.2) is 4.79 Å². The number of imidazole rings is 1. The lowest BCUT2D eigenvalue weighted by atomic mass is 10.1. The van der Waals surface area contributed by atoms with Crippen molar-refractivity contribution in [2.75, 3.05) is 5.73 Å². The minimum atomic E-state index is -5.62. The fourth-order valence-corrected chi connectivity index (χ4v) is 1.57. The number of anilines is 1. The van der Waals surface area contributed by atoms with Gasteiger partial charge in [-0.05, 0) is 0 Å². The second kappa shape index (κ2) is 4.11. The van der Waals surface area contributed by atoms with Gasteiger partial charge in [0.05, 0.1) is 0 Å². The first-order valence-electron chi connectivity index (χ1n) is 4.89. The van der Waals surface area contributed by atoms with Crippen molar-refractivity contribution >= 4 is 17.1 Å². The number of nitrogens with zero attached hydrogens (tertiary/aromatic N) is 2. The highest BCUT2D eigenvalue weighted by molar-refractivity contribution is 5.70. The highest BCUT2D eigenvalue weighted by atomic mass is 19.4. The Balaban J connectivity index is 2.67. The van der Waals surface area contributed by atoms with Gasteiger partial charge in [-0.1, -0.05) is 0 Å². The number of hydrogen-bond acceptors (Lipinski definition) is 4. The molecule has 0 atom stereocenters. The molecule has 20 heavy (non-hydrogen) atoms. The molecule has 0 bridgehead atoms. The molecule has 0 aliphatic carbocycles. The topological polar surface area (TPSA) is 100 Å². The van der Waals surface area contributed by atoms with E-state index >= 15 is 0 Å². The van der Waals surface area contributed by atoms with Gasteiger partial charge in [0.25, 0.3) is 5.56 Å². The highest BCUT2D eigenvalue weighted by Gasteiger charge is 2.59. The third-order valence-corrected chi connectivity index (χ3v) is 2.33. The van der Waals surface area contributed by atoms with E-state index in [0.717, 1.165) is 0 Å². The molecule has 2 aromatic rings. The number of hydrogen-bond donors (Lipinski definition) is 3. The number of aromatic amines is 2. The third-order valence-electron chi connectivity index (χ3n) is 2.33. The molecule has 0 aromatic carbocycles. The van der Waals surface area contributed by atoms with Crippen molar-refractivity contribution in [3.8, 4) is 0 Å². The van der Waals surface area contributed by atoms with Crippen molar-refractivity contribution in [2.24, 2.45) is 0 Å². The van der Waals surface area contributed by atoms with Crippen LogP contribution in [0, 0.1) is 0 Å². The Kier molecular flexibility index (Phi) is 2.91. The lowest BCUT2D eigenvalue weighted by molar-refractivity contribution is -0.255. The van der Waals surface area contributed by atoms with Crippen molar-refractivity contribution in [3.63, 3.8) is 0 Å². The minimum absolute atomic E-state index is 0.476. The molecule has 6 nitrogen and oxygen atoms in total. The summed E-state index contributed by atoms with van der Waals surface area (Å²) in [7, 11) is 0. The van der Waals surface area contributed by atoms with Crippen molar-refractivity contribution in [1.82, 2.24) is 19.9 Å². The van der Waals surface area contributed by atoms with Crippen LogP contribution in [0.1, 0.15) is 11.7 Å². The first-order valence-corrected chi connectivity index (χ1v) is 4.89. The largest absolute Gasteiger partial charge is 0.407 e. The summed E-state index contributed by atoms with van der Waals surface area (Å²) >= 11 is 0. The maximum Gasteiger partial charge on any atom is 0.407 e. The van der Waals surface area contributed by atoms with E-state index in [-0.39, 0.29) is 0 Å². The quantitative estimate of drug-likeness (QED) is 0.694. The van der Waals surface area contributed by atoms with Gasteiger partial charge in [0.15, 0.2) is 11.2 Å². The monoisotopic (exact) mass is 301 g/mol. The highest BCUT2D eigenvalue weighted by Crippen LogP contribution is 2.45. The van der Waals surface area contributed by atoms with Gasteiger partial charge in [0.2, 0.25) is 11.9 Å². The van der Waals surface area contributed by atoms with E-state index < -0.39 is 46.8 Å². The predicted octanol–water partition coefficient (Wildman–Crippen LogP) is 1.44. The maximum absolute atomic E-state index is 12.5. The first kappa shape index (κ1) is 14.1. The zero-order valence-electron chi connectivity index (χ0n) is 9.23. The van der Waals surface area contributed by atoms with Gasteiger partial charge in [-0.15, -0.1) is 0 Å². The molecule has 2 heterocycles. The normalized spacial score (nSPS) is 13.3. The van der Waals surface area contributed by atoms with E-state index in [1.807, 2.05) is 4.98 Å². The summed E-state index contributed by atoms with van der Waals surface area (Å²) in [6, 6.07) is 0. The van der Waals surface area contributed by atoms with Crippen LogP contribution < -0.4 is 11.3 Å². The van der Waals surface area contributed by atoms with Gasteiger partial charge in [0, 0.05) is 0 Å². The van der Waals surface area contributed by atoms with Gasteiger partial charge >= 0.3 is 12.4 Å². The summed E-state index contributed by atoms with van der Waals surface area (Å²) in [6.45, 7) is 0. The van der Waals surface area contributed by atoms with E-state index in [1.54, 1.807) is 4.98 Å². The molecule has 0 spiro atoms. The SMILES string of the molecule is Nc1nc2nc(C(C(F)(F)F)C(F)(F)F)[nH]c2c(=O)[nH]1. The molecule has 0 aliphatic rings. The number of aromatic nitrogens is 4. The Morgan fingerprint density at radius 2 is 1.55 bits per heavy atom. The average Bonchev–Trinajstić information content (AvgIpc) is 2.55. The molecule has 0 amide bonds. The van der Waals surface area contributed by atoms with Crippen molar-refractivity contribution in [1.29, 1.82) is 0 Å². The summed E-state index contributed by atoms with van der Waals surface area (Å²) in [5.74, 6) is -5.79. The number of fused-ring (bicyclic) bond motifs is 1. The van der Waals surface area contributed by atoms with Crippen molar-refractivity contribution < 1.29 is 26.3 Å². The molecule has 0 saturated heterocycles. The second-order valence-electron chi connectivity index (χ2n) is 3.79. The van der Waals surface area contributed by atoms with Gasteiger partial charge in [-0.2, -0.15) is 31.3 Å². The molecular weight excluding hydrogens is 296 g/mol. The Morgan fingerprint density at radius 3 is 2.05 bits per heavy atom. The zero-order chi connectivity index (χ0) is 15.3. The summed E-state index contributed by atoms with van der Waals surface area (Å²) in [5.41, 5.74) is 2.85. The predicted molar refractivity (Wildman–Crippen MR) is 53.8 cm³/mol. The van der Waals surface area contributed by atoms with Crippen LogP contribution in [0.2, 0.25) is 0 Å². The smallest absolute Gasteiger partial charge is 0.369 e. The number of H-pyrrole nitrogens is 2. The molecule has 2 aromatic heterocycles. The number of alkyl halides is 6. The van der Waals surface area contributed by atoms with Gasteiger partial charge < -0.3 is 10.7 Å². The molecule has 4 N–H and O–H groups in total. The summed E-state index contributed by atoms with van der Waals surface area (Å²) in [4.78, 5) is 21.3. The molecular formula is C8H5F6N5O. The van der Waals surface area contributed by atoms with E-state index in [1.165, 1.54) is 0 Å². The molecule has 0 unspecified atom stereocenters. The van der Waals surface area contributed by atoms with Gasteiger partial charge in [-0.3, -0.25) is 9.78 Å². The Bertz CT molecular complexity index is 684. The van der Waals surface area contributed by atoms with Crippen LogP contribution >= 0.6 is 0 Å².